The molecule has 1 aromatic carbocycles. The van der Waals surface area contributed by atoms with E-state index in [1.54, 1.807) is 12.1 Å². The number of furan rings is 1. The SMILES string of the molecule is COC(=O)C1(c2ccccc2)CCN(C(=O)C2CCN(c3oc(-c4ccco4)nc3C#N)CC2)CC1. The van der Waals surface area contributed by atoms with E-state index < -0.39 is 5.41 Å². The summed E-state index contributed by atoms with van der Waals surface area (Å²) < 4.78 is 16.4. The molecular formula is C27H28N4O5. The number of carbonyl (C=O) groups is 2. The molecular weight excluding hydrogens is 460 g/mol. The van der Waals surface area contributed by atoms with Crippen molar-refractivity contribution in [1.29, 1.82) is 5.26 Å². The van der Waals surface area contributed by atoms with Crippen molar-refractivity contribution >= 4 is 17.8 Å². The van der Waals surface area contributed by atoms with E-state index in [1.165, 1.54) is 13.4 Å². The average molecular weight is 489 g/mol. The Morgan fingerprint density at radius 3 is 2.42 bits per heavy atom. The molecule has 2 aliphatic rings. The molecule has 4 heterocycles. The molecule has 0 N–H and O–H groups in total. The topological polar surface area (TPSA) is 113 Å². The second kappa shape index (κ2) is 9.90. The number of piperidine rings is 2. The Hall–Kier alpha value is -4.06. The number of nitrogens with zero attached hydrogens (tertiary/aromatic N) is 4. The van der Waals surface area contributed by atoms with Crippen molar-refractivity contribution in [1.82, 2.24) is 9.88 Å². The third kappa shape index (κ3) is 4.24. The molecule has 2 saturated heterocycles. The molecule has 0 bridgehead atoms. The average Bonchev–Trinajstić information content (AvgIpc) is 3.63. The Morgan fingerprint density at radius 2 is 1.81 bits per heavy atom. The van der Waals surface area contributed by atoms with E-state index in [4.69, 9.17) is 13.6 Å². The lowest BCUT2D eigenvalue weighted by atomic mass is 9.72. The molecule has 0 saturated carbocycles. The second-order valence-corrected chi connectivity index (χ2v) is 9.29. The first-order valence-electron chi connectivity index (χ1n) is 12.2. The maximum Gasteiger partial charge on any atom is 0.316 e. The summed E-state index contributed by atoms with van der Waals surface area (Å²) in [6, 6.07) is 15.3. The normalized spacial score (nSPS) is 18.0. The van der Waals surface area contributed by atoms with Crippen LogP contribution in [0.25, 0.3) is 11.7 Å². The fourth-order valence-electron chi connectivity index (χ4n) is 5.36. The molecule has 36 heavy (non-hydrogen) atoms. The molecule has 9 nitrogen and oxygen atoms in total. The van der Waals surface area contributed by atoms with Gasteiger partial charge in [0.05, 0.1) is 18.8 Å². The first-order valence-corrected chi connectivity index (χ1v) is 12.2. The van der Waals surface area contributed by atoms with Crippen LogP contribution in [0.5, 0.6) is 0 Å². The van der Waals surface area contributed by atoms with Gasteiger partial charge < -0.3 is 23.4 Å². The molecule has 0 unspecified atom stereocenters. The van der Waals surface area contributed by atoms with Crippen LogP contribution >= 0.6 is 0 Å². The number of likely N-dealkylation sites (tertiary alicyclic amines) is 1. The van der Waals surface area contributed by atoms with Crippen molar-refractivity contribution in [3.05, 3.63) is 60.0 Å². The lowest BCUT2D eigenvalue weighted by molar-refractivity contribution is -0.152. The van der Waals surface area contributed by atoms with Crippen molar-refractivity contribution in [3.8, 4) is 17.7 Å². The number of hydrogen-bond donors (Lipinski definition) is 0. The number of esters is 1. The standard InChI is InChI=1S/C27H28N4O5/c1-34-26(33)27(20-6-3-2-4-7-20)11-15-30(16-12-27)24(32)19-9-13-31(14-10-19)25-21(18-28)29-23(36-25)22-8-5-17-35-22/h2-8,17,19H,9-16H2,1H3. The summed E-state index contributed by atoms with van der Waals surface area (Å²) >= 11 is 0. The van der Waals surface area contributed by atoms with E-state index >= 15 is 0 Å². The Bertz CT molecular complexity index is 1250. The molecule has 186 valence electrons. The maximum atomic E-state index is 13.4. The number of anilines is 1. The Balaban J connectivity index is 1.22. The van der Waals surface area contributed by atoms with Gasteiger partial charge in [-0.3, -0.25) is 9.59 Å². The van der Waals surface area contributed by atoms with Crippen molar-refractivity contribution < 1.29 is 23.2 Å². The minimum Gasteiger partial charge on any atom is -0.468 e. The van der Waals surface area contributed by atoms with Crippen LogP contribution in [-0.2, 0) is 19.7 Å². The van der Waals surface area contributed by atoms with Gasteiger partial charge in [-0.2, -0.15) is 10.2 Å². The Labute approximate surface area is 209 Å². The molecule has 5 rings (SSSR count). The van der Waals surface area contributed by atoms with E-state index in [0.29, 0.717) is 63.5 Å². The number of carbonyl (C=O) groups excluding carboxylic acids is 2. The quantitative estimate of drug-likeness (QED) is 0.499. The number of rotatable bonds is 5. The summed E-state index contributed by atoms with van der Waals surface area (Å²) in [7, 11) is 1.42. The molecule has 9 heteroatoms. The largest absolute Gasteiger partial charge is 0.468 e. The smallest absolute Gasteiger partial charge is 0.316 e. The highest BCUT2D eigenvalue weighted by Gasteiger charge is 2.45. The van der Waals surface area contributed by atoms with Crippen LogP contribution in [0.2, 0.25) is 0 Å². The van der Waals surface area contributed by atoms with E-state index in [0.717, 1.165) is 5.56 Å². The van der Waals surface area contributed by atoms with E-state index in [9.17, 15) is 14.9 Å². The van der Waals surface area contributed by atoms with Gasteiger partial charge in [0.1, 0.15) is 6.07 Å². The zero-order chi connectivity index (χ0) is 25.1. The predicted molar refractivity (Wildman–Crippen MR) is 130 cm³/mol. The predicted octanol–water partition coefficient (Wildman–Crippen LogP) is 3.76. The maximum absolute atomic E-state index is 13.4. The van der Waals surface area contributed by atoms with Crippen molar-refractivity contribution in [3.63, 3.8) is 0 Å². The highest BCUT2D eigenvalue weighted by Crippen LogP contribution is 2.38. The zero-order valence-electron chi connectivity index (χ0n) is 20.2. The Morgan fingerprint density at radius 1 is 1.08 bits per heavy atom. The number of hydrogen-bond acceptors (Lipinski definition) is 8. The van der Waals surface area contributed by atoms with Gasteiger partial charge in [-0.05, 0) is 43.4 Å². The van der Waals surface area contributed by atoms with Crippen molar-refractivity contribution in [2.45, 2.75) is 31.1 Å². The third-order valence-corrected chi connectivity index (χ3v) is 7.41. The van der Waals surface area contributed by atoms with Gasteiger partial charge in [0.15, 0.2) is 5.76 Å². The number of methoxy groups -OCH3 is 1. The van der Waals surface area contributed by atoms with Gasteiger partial charge in [-0.15, -0.1) is 0 Å². The van der Waals surface area contributed by atoms with Crippen LogP contribution < -0.4 is 4.90 Å². The molecule has 2 aliphatic heterocycles. The van der Waals surface area contributed by atoms with Crippen molar-refractivity contribution in [2.24, 2.45) is 5.92 Å². The molecule has 0 atom stereocenters. The van der Waals surface area contributed by atoms with Crippen LogP contribution in [-0.4, -0.2) is 55.0 Å². The van der Waals surface area contributed by atoms with Crippen LogP contribution in [0.1, 0.15) is 36.9 Å². The minimum atomic E-state index is -0.720. The number of ether oxygens (including phenoxy) is 1. The second-order valence-electron chi connectivity index (χ2n) is 9.29. The monoisotopic (exact) mass is 488 g/mol. The first kappa shape index (κ1) is 23.7. The number of amides is 1. The fraction of sp³-hybridized carbons (Fsp3) is 0.407. The van der Waals surface area contributed by atoms with Crippen LogP contribution in [0.3, 0.4) is 0 Å². The summed E-state index contributed by atoms with van der Waals surface area (Å²) in [6.45, 7) is 2.19. The van der Waals surface area contributed by atoms with Crippen LogP contribution in [0.4, 0.5) is 5.88 Å². The highest BCUT2D eigenvalue weighted by molar-refractivity contribution is 5.84. The summed E-state index contributed by atoms with van der Waals surface area (Å²) in [4.78, 5) is 34.3. The summed E-state index contributed by atoms with van der Waals surface area (Å²) in [5.41, 5.74) is 0.427. The zero-order valence-corrected chi connectivity index (χ0v) is 20.2. The summed E-state index contributed by atoms with van der Waals surface area (Å²) in [6.07, 6.45) is 3.90. The van der Waals surface area contributed by atoms with Crippen LogP contribution in [0.15, 0.2) is 57.6 Å². The molecule has 2 aromatic heterocycles. The van der Waals surface area contributed by atoms with E-state index in [2.05, 4.69) is 11.1 Å². The summed E-state index contributed by atoms with van der Waals surface area (Å²) in [5, 5.41) is 9.53. The first-order chi connectivity index (χ1) is 17.6. The van der Waals surface area contributed by atoms with Gasteiger partial charge in [0.2, 0.25) is 17.5 Å². The molecule has 0 radical (unpaired) electrons. The van der Waals surface area contributed by atoms with Gasteiger partial charge in [0, 0.05) is 32.1 Å². The molecule has 0 spiro atoms. The van der Waals surface area contributed by atoms with Gasteiger partial charge in [-0.1, -0.05) is 30.3 Å². The molecule has 2 fully saturated rings. The molecule has 1 amide bonds. The molecule has 3 aromatic rings. The fourth-order valence-corrected chi connectivity index (χ4v) is 5.36. The number of nitriles is 1. The number of aromatic nitrogens is 1. The van der Waals surface area contributed by atoms with Crippen LogP contribution in [0, 0.1) is 17.2 Å². The lowest BCUT2D eigenvalue weighted by Gasteiger charge is -2.42. The lowest BCUT2D eigenvalue weighted by Crippen LogP contribution is -2.51. The minimum absolute atomic E-state index is 0.110. The van der Waals surface area contributed by atoms with Gasteiger partial charge in [-0.25, -0.2) is 0 Å². The van der Waals surface area contributed by atoms with Gasteiger partial charge >= 0.3 is 5.97 Å². The van der Waals surface area contributed by atoms with E-state index in [-0.39, 0.29) is 29.4 Å². The van der Waals surface area contributed by atoms with Gasteiger partial charge in [0.25, 0.3) is 5.89 Å². The number of benzene rings is 1. The molecule has 0 aliphatic carbocycles. The summed E-state index contributed by atoms with van der Waals surface area (Å²) in [5.74, 6) is 0.913. The number of oxazole rings is 1. The van der Waals surface area contributed by atoms with E-state index in [1.807, 2.05) is 40.1 Å². The Kier molecular flexibility index (Phi) is 6.51. The van der Waals surface area contributed by atoms with Crippen molar-refractivity contribution in [2.75, 3.05) is 38.2 Å². The highest BCUT2D eigenvalue weighted by atomic mass is 16.5. The third-order valence-electron chi connectivity index (χ3n) is 7.41.